The minimum atomic E-state index is -0.827. The highest BCUT2D eigenvalue weighted by Crippen LogP contribution is 2.37. The van der Waals surface area contributed by atoms with Gasteiger partial charge in [-0.1, -0.05) is 12.8 Å². The molecule has 1 fully saturated rings. The number of nitrogens with zero attached hydrogens (tertiary/aromatic N) is 1. The molecule has 0 radical (unpaired) electrons. The topological polar surface area (TPSA) is 90.2 Å². The average Bonchev–Trinajstić information content (AvgIpc) is 2.77. The van der Waals surface area contributed by atoms with Gasteiger partial charge in [-0.05, 0) is 25.7 Å². The summed E-state index contributed by atoms with van der Waals surface area (Å²) < 4.78 is 0. The molecular weight excluding hydrogens is 220 g/mol. The van der Waals surface area contributed by atoms with Crippen LogP contribution in [-0.2, 0) is 9.59 Å². The fourth-order valence-electron chi connectivity index (χ4n) is 2.14. The van der Waals surface area contributed by atoms with E-state index < -0.39 is 11.4 Å². The molecule has 1 rings (SSSR count). The van der Waals surface area contributed by atoms with Crippen LogP contribution in [0.5, 0.6) is 0 Å². The molecule has 17 heavy (non-hydrogen) atoms. The number of nitriles is 1. The first kappa shape index (κ1) is 13.5. The van der Waals surface area contributed by atoms with Crippen molar-refractivity contribution in [2.24, 2.45) is 5.41 Å². The molecule has 0 bridgehead atoms. The van der Waals surface area contributed by atoms with E-state index in [-0.39, 0.29) is 12.3 Å². The number of amides is 1. The molecule has 0 spiro atoms. The zero-order valence-corrected chi connectivity index (χ0v) is 9.87. The fourth-order valence-corrected chi connectivity index (χ4v) is 2.14. The monoisotopic (exact) mass is 238 g/mol. The average molecular weight is 238 g/mol. The number of carbonyl (C=O) groups excluding carboxylic acids is 1. The molecule has 0 saturated heterocycles. The van der Waals surface area contributed by atoms with E-state index in [1.54, 1.807) is 0 Å². The molecule has 2 N–H and O–H groups in total. The molecule has 0 aromatic carbocycles. The SMILES string of the molecule is N#CC1(C(=O)NCCCCC(=O)O)CCCC1. The molecule has 1 amide bonds. The van der Waals surface area contributed by atoms with Crippen molar-refractivity contribution in [3.05, 3.63) is 0 Å². The normalized spacial score (nSPS) is 17.4. The zero-order valence-electron chi connectivity index (χ0n) is 9.87. The largest absolute Gasteiger partial charge is 0.481 e. The summed E-state index contributed by atoms with van der Waals surface area (Å²) >= 11 is 0. The van der Waals surface area contributed by atoms with Crippen LogP contribution in [0.3, 0.4) is 0 Å². The maximum Gasteiger partial charge on any atom is 0.303 e. The van der Waals surface area contributed by atoms with Gasteiger partial charge in [-0.15, -0.1) is 0 Å². The van der Waals surface area contributed by atoms with Crippen molar-refractivity contribution in [2.45, 2.75) is 44.9 Å². The van der Waals surface area contributed by atoms with Crippen LogP contribution in [0.25, 0.3) is 0 Å². The number of carbonyl (C=O) groups is 2. The first-order valence-electron chi connectivity index (χ1n) is 6.02. The molecule has 1 aliphatic carbocycles. The van der Waals surface area contributed by atoms with Gasteiger partial charge in [0, 0.05) is 13.0 Å². The lowest BCUT2D eigenvalue weighted by Gasteiger charge is -2.18. The number of unbranched alkanes of at least 4 members (excludes halogenated alkanes) is 1. The van der Waals surface area contributed by atoms with Crippen molar-refractivity contribution in [1.29, 1.82) is 5.26 Å². The summed E-state index contributed by atoms with van der Waals surface area (Å²) in [6.45, 7) is 0.454. The van der Waals surface area contributed by atoms with Crippen molar-refractivity contribution in [3.8, 4) is 6.07 Å². The van der Waals surface area contributed by atoms with Crippen molar-refractivity contribution >= 4 is 11.9 Å². The van der Waals surface area contributed by atoms with Gasteiger partial charge < -0.3 is 10.4 Å². The minimum absolute atomic E-state index is 0.124. The number of hydrogen-bond donors (Lipinski definition) is 2. The van der Waals surface area contributed by atoms with E-state index in [1.807, 2.05) is 0 Å². The molecule has 0 heterocycles. The van der Waals surface area contributed by atoms with E-state index in [0.717, 1.165) is 12.8 Å². The van der Waals surface area contributed by atoms with Crippen LogP contribution in [0.1, 0.15) is 44.9 Å². The lowest BCUT2D eigenvalue weighted by Crippen LogP contribution is -2.38. The van der Waals surface area contributed by atoms with Crippen LogP contribution in [0.4, 0.5) is 0 Å². The molecule has 0 atom stereocenters. The zero-order chi connectivity index (χ0) is 12.7. The predicted molar refractivity (Wildman–Crippen MR) is 61.0 cm³/mol. The first-order valence-corrected chi connectivity index (χ1v) is 6.02. The van der Waals surface area contributed by atoms with Gasteiger partial charge >= 0.3 is 5.97 Å². The highest BCUT2D eigenvalue weighted by molar-refractivity contribution is 5.85. The number of hydrogen-bond acceptors (Lipinski definition) is 3. The predicted octanol–water partition coefficient (Wildman–Crippen LogP) is 1.44. The standard InChI is InChI=1S/C12H18N2O3/c13-9-12(6-2-3-7-12)11(17)14-8-4-1-5-10(15)16/h1-8H2,(H,14,17)(H,15,16). The van der Waals surface area contributed by atoms with Gasteiger partial charge in [-0.25, -0.2) is 0 Å². The molecule has 5 heteroatoms. The number of carboxylic acid groups (broad SMARTS) is 1. The van der Waals surface area contributed by atoms with E-state index >= 15 is 0 Å². The lowest BCUT2D eigenvalue weighted by molar-refractivity contribution is -0.137. The highest BCUT2D eigenvalue weighted by atomic mass is 16.4. The molecule has 0 unspecified atom stereocenters. The Morgan fingerprint density at radius 3 is 2.47 bits per heavy atom. The fraction of sp³-hybridized carbons (Fsp3) is 0.750. The Morgan fingerprint density at radius 2 is 1.94 bits per heavy atom. The smallest absolute Gasteiger partial charge is 0.303 e. The molecule has 1 saturated carbocycles. The summed E-state index contributed by atoms with van der Waals surface area (Å²) in [5.41, 5.74) is -0.827. The molecule has 0 aromatic heterocycles. The van der Waals surface area contributed by atoms with Crippen molar-refractivity contribution in [2.75, 3.05) is 6.54 Å². The minimum Gasteiger partial charge on any atom is -0.481 e. The van der Waals surface area contributed by atoms with Crippen molar-refractivity contribution < 1.29 is 14.7 Å². The molecular formula is C12H18N2O3. The Kier molecular flexibility index (Phi) is 4.95. The van der Waals surface area contributed by atoms with Crippen LogP contribution < -0.4 is 5.32 Å². The molecule has 1 aliphatic rings. The third-order valence-electron chi connectivity index (χ3n) is 3.21. The van der Waals surface area contributed by atoms with E-state index in [4.69, 9.17) is 10.4 Å². The van der Waals surface area contributed by atoms with Gasteiger partial charge in [0.1, 0.15) is 5.41 Å². The first-order chi connectivity index (χ1) is 8.10. The Hall–Kier alpha value is -1.57. The number of nitrogens with one attached hydrogen (secondary N) is 1. The third-order valence-corrected chi connectivity index (χ3v) is 3.21. The maximum absolute atomic E-state index is 11.8. The van der Waals surface area contributed by atoms with E-state index in [9.17, 15) is 9.59 Å². The van der Waals surface area contributed by atoms with Crippen molar-refractivity contribution in [1.82, 2.24) is 5.32 Å². The van der Waals surface area contributed by atoms with Crippen molar-refractivity contribution in [3.63, 3.8) is 0 Å². The Balaban J connectivity index is 2.25. The summed E-state index contributed by atoms with van der Waals surface area (Å²) in [6, 6.07) is 2.13. The van der Waals surface area contributed by atoms with Gasteiger partial charge in [-0.3, -0.25) is 9.59 Å². The van der Waals surface area contributed by atoms with Gasteiger partial charge in [-0.2, -0.15) is 5.26 Å². The van der Waals surface area contributed by atoms with Crippen LogP contribution in [-0.4, -0.2) is 23.5 Å². The van der Waals surface area contributed by atoms with E-state index in [2.05, 4.69) is 11.4 Å². The number of aliphatic carboxylic acids is 1. The second kappa shape index (κ2) is 6.24. The van der Waals surface area contributed by atoms with Crippen LogP contribution in [0.2, 0.25) is 0 Å². The maximum atomic E-state index is 11.8. The quantitative estimate of drug-likeness (QED) is 0.685. The second-order valence-electron chi connectivity index (χ2n) is 4.51. The summed E-state index contributed by atoms with van der Waals surface area (Å²) in [5, 5.41) is 20.3. The summed E-state index contributed by atoms with van der Waals surface area (Å²) in [6.07, 6.45) is 4.46. The molecule has 5 nitrogen and oxygen atoms in total. The Morgan fingerprint density at radius 1 is 1.29 bits per heavy atom. The molecule has 94 valence electrons. The van der Waals surface area contributed by atoms with E-state index in [0.29, 0.717) is 32.2 Å². The Bertz CT molecular complexity index is 327. The highest BCUT2D eigenvalue weighted by Gasteiger charge is 2.41. The molecule has 0 aliphatic heterocycles. The van der Waals surface area contributed by atoms with Gasteiger partial charge in [0.15, 0.2) is 0 Å². The van der Waals surface area contributed by atoms with Crippen LogP contribution in [0.15, 0.2) is 0 Å². The summed E-state index contributed by atoms with van der Waals surface area (Å²) in [4.78, 5) is 22.1. The van der Waals surface area contributed by atoms with Gasteiger partial charge in [0.05, 0.1) is 6.07 Å². The second-order valence-corrected chi connectivity index (χ2v) is 4.51. The Labute approximate surface area is 101 Å². The van der Waals surface area contributed by atoms with Crippen LogP contribution in [0, 0.1) is 16.7 Å². The van der Waals surface area contributed by atoms with Gasteiger partial charge in [0.2, 0.25) is 5.91 Å². The summed E-state index contributed by atoms with van der Waals surface area (Å²) in [7, 11) is 0. The molecule has 0 aromatic rings. The van der Waals surface area contributed by atoms with Gasteiger partial charge in [0.25, 0.3) is 0 Å². The summed E-state index contributed by atoms with van der Waals surface area (Å²) in [5.74, 6) is -1.01. The number of rotatable bonds is 6. The van der Waals surface area contributed by atoms with E-state index in [1.165, 1.54) is 0 Å². The van der Waals surface area contributed by atoms with Crippen LogP contribution >= 0.6 is 0 Å². The number of carboxylic acids is 1. The lowest BCUT2D eigenvalue weighted by atomic mass is 9.87. The third kappa shape index (κ3) is 3.74.